The van der Waals surface area contributed by atoms with Gasteiger partial charge in [-0.2, -0.15) is 5.26 Å². The van der Waals surface area contributed by atoms with Crippen molar-refractivity contribution in [3.05, 3.63) is 54.1 Å². The van der Waals surface area contributed by atoms with Gasteiger partial charge in [0.1, 0.15) is 5.75 Å². The van der Waals surface area contributed by atoms with Crippen molar-refractivity contribution < 1.29 is 14.3 Å². The Labute approximate surface area is 152 Å². The zero-order valence-corrected chi connectivity index (χ0v) is 14.7. The van der Waals surface area contributed by atoms with Crippen LogP contribution in [0.15, 0.2) is 48.5 Å². The standard InChI is InChI=1S/C19H20N4O3/c1-23(12-18(24)21-15-6-8-17(26-2)9-7-15)13-19(25)22-16-5-3-4-14(10-16)11-20/h3-10H,12-13H2,1-2H3,(H,21,24)(H,22,25). The number of hydrogen-bond donors (Lipinski definition) is 2. The molecule has 0 atom stereocenters. The smallest absolute Gasteiger partial charge is 0.238 e. The van der Waals surface area contributed by atoms with Crippen LogP contribution in [0.2, 0.25) is 0 Å². The fourth-order valence-corrected chi connectivity index (χ4v) is 2.29. The van der Waals surface area contributed by atoms with Gasteiger partial charge in [0.2, 0.25) is 11.8 Å². The third-order valence-electron chi connectivity index (χ3n) is 3.48. The van der Waals surface area contributed by atoms with Gasteiger partial charge in [0.05, 0.1) is 31.8 Å². The van der Waals surface area contributed by atoms with Crippen molar-refractivity contribution >= 4 is 23.2 Å². The van der Waals surface area contributed by atoms with Crippen LogP contribution in [0.4, 0.5) is 11.4 Å². The molecule has 0 radical (unpaired) electrons. The predicted octanol–water partition coefficient (Wildman–Crippen LogP) is 2.08. The third kappa shape index (κ3) is 5.92. The summed E-state index contributed by atoms with van der Waals surface area (Å²) in [6, 6.07) is 15.7. The second-order valence-corrected chi connectivity index (χ2v) is 5.69. The van der Waals surface area contributed by atoms with Crippen LogP contribution in [0.1, 0.15) is 5.56 Å². The van der Waals surface area contributed by atoms with Crippen molar-refractivity contribution in [2.45, 2.75) is 0 Å². The van der Waals surface area contributed by atoms with Crippen LogP contribution in [-0.2, 0) is 9.59 Å². The first-order valence-corrected chi connectivity index (χ1v) is 7.92. The van der Waals surface area contributed by atoms with Crippen molar-refractivity contribution in [1.82, 2.24) is 4.90 Å². The molecule has 2 rings (SSSR count). The molecule has 134 valence electrons. The van der Waals surface area contributed by atoms with Gasteiger partial charge in [-0.1, -0.05) is 6.07 Å². The van der Waals surface area contributed by atoms with Crippen LogP contribution in [0, 0.1) is 11.3 Å². The maximum atomic E-state index is 12.1. The predicted molar refractivity (Wildman–Crippen MR) is 98.9 cm³/mol. The zero-order valence-electron chi connectivity index (χ0n) is 14.7. The summed E-state index contributed by atoms with van der Waals surface area (Å²) >= 11 is 0. The number of carbonyl (C=O) groups excluding carboxylic acids is 2. The molecule has 0 aromatic heterocycles. The number of carbonyl (C=O) groups is 2. The monoisotopic (exact) mass is 352 g/mol. The minimum absolute atomic E-state index is 0.0484. The van der Waals surface area contributed by atoms with Crippen LogP contribution in [0.3, 0.4) is 0 Å². The molecule has 26 heavy (non-hydrogen) atoms. The highest BCUT2D eigenvalue weighted by atomic mass is 16.5. The van der Waals surface area contributed by atoms with Crippen LogP contribution >= 0.6 is 0 Å². The Bertz CT molecular complexity index is 812. The van der Waals surface area contributed by atoms with Crippen LogP contribution in [-0.4, -0.2) is 44.0 Å². The average molecular weight is 352 g/mol. The van der Waals surface area contributed by atoms with Crippen LogP contribution in [0.5, 0.6) is 5.75 Å². The molecule has 0 aliphatic carbocycles. The van der Waals surface area contributed by atoms with E-state index in [1.54, 1.807) is 67.6 Å². The lowest BCUT2D eigenvalue weighted by Crippen LogP contribution is -2.36. The Morgan fingerprint density at radius 3 is 2.23 bits per heavy atom. The SMILES string of the molecule is COc1ccc(NC(=O)CN(C)CC(=O)Nc2cccc(C#N)c2)cc1. The van der Waals surface area contributed by atoms with E-state index in [9.17, 15) is 9.59 Å². The molecule has 0 unspecified atom stereocenters. The molecule has 0 aliphatic rings. The van der Waals surface area contributed by atoms with Gasteiger partial charge in [0.25, 0.3) is 0 Å². The topological polar surface area (TPSA) is 94.5 Å². The van der Waals surface area contributed by atoms with Crippen LogP contribution in [0.25, 0.3) is 0 Å². The quantitative estimate of drug-likeness (QED) is 0.795. The molecule has 0 spiro atoms. The third-order valence-corrected chi connectivity index (χ3v) is 3.48. The first-order valence-electron chi connectivity index (χ1n) is 7.92. The Morgan fingerprint density at radius 2 is 1.65 bits per heavy atom. The molecule has 2 aromatic carbocycles. The normalized spacial score (nSPS) is 10.1. The van der Waals surface area contributed by atoms with E-state index >= 15 is 0 Å². The lowest BCUT2D eigenvalue weighted by molar-refractivity contribution is -0.119. The number of nitrogens with zero attached hydrogens (tertiary/aromatic N) is 2. The number of methoxy groups -OCH3 is 1. The van der Waals surface area contributed by atoms with Gasteiger partial charge in [0.15, 0.2) is 0 Å². The Morgan fingerprint density at radius 1 is 1.04 bits per heavy atom. The van der Waals surface area contributed by atoms with Gasteiger partial charge in [-0.25, -0.2) is 0 Å². The average Bonchev–Trinajstić information content (AvgIpc) is 2.62. The largest absolute Gasteiger partial charge is 0.497 e. The molecule has 0 heterocycles. The molecule has 2 N–H and O–H groups in total. The van der Waals surface area contributed by atoms with Crippen molar-refractivity contribution in [3.63, 3.8) is 0 Å². The van der Waals surface area contributed by atoms with Crippen molar-refractivity contribution in [2.24, 2.45) is 0 Å². The molecular formula is C19H20N4O3. The molecular weight excluding hydrogens is 332 g/mol. The fourth-order valence-electron chi connectivity index (χ4n) is 2.29. The van der Waals surface area contributed by atoms with Gasteiger partial charge in [-0.15, -0.1) is 0 Å². The number of likely N-dealkylation sites (N-methyl/N-ethyl adjacent to an activating group) is 1. The summed E-state index contributed by atoms with van der Waals surface area (Å²) in [6.07, 6.45) is 0. The number of nitrogens with one attached hydrogen (secondary N) is 2. The molecule has 7 nitrogen and oxygen atoms in total. The maximum absolute atomic E-state index is 12.1. The summed E-state index contributed by atoms with van der Waals surface area (Å²) in [7, 11) is 3.25. The molecule has 7 heteroatoms. The number of nitriles is 1. The van der Waals surface area contributed by atoms with E-state index < -0.39 is 0 Å². The maximum Gasteiger partial charge on any atom is 0.238 e. The molecule has 2 aromatic rings. The minimum atomic E-state index is -0.264. The molecule has 0 aliphatic heterocycles. The molecule has 0 saturated heterocycles. The summed E-state index contributed by atoms with van der Waals surface area (Å²) < 4.78 is 5.06. The van der Waals surface area contributed by atoms with Gasteiger partial charge in [-0.05, 0) is 49.5 Å². The second-order valence-electron chi connectivity index (χ2n) is 5.69. The van der Waals surface area contributed by atoms with E-state index in [0.29, 0.717) is 22.7 Å². The van der Waals surface area contributed by atoms with Crippen LogP contribution < -0.4 is 15.4 Å². The number of ether oxygens (including phenoxy) is 1. The van der Waals surface area contributed by atoms with E-state index in [0.717, 1.165) is 0 Å². The van der Waals surface area contributed by atoms with Gasteiger partial charge in [-0.3, -0.25) is 14.5 Å². The summed E-state index contributed by atoms with van der Waals surface area (Å²) in [5.74, 6) is 0.217. The van der Waals surface area contributed by atoms with Gasteiger partial charge >= 0.3 is 0 Å². The number of hydrogen-bond acceptors (Lipinski definition) is 5. The Hall–Kier alpha value is -3.37. The number of rotatable bonds is 7. The minimum Gasteiger partial charge on any atom is -0.497 e. The lowest BCUT2D eigenvalue weighted by Gasteiger charge is -2.16. The first kappa shape index (κ1) is 19.0. The second kappa shape index (κ2) is 9.20. The van der Waals surface area contributed by atoms with E-state index in [4.69, 9.17) is 10.00 Å². The lowest BCUT2D eigenvalue weighted by atomic mass is 10.2. The zero-order chi connectivity index (χ0) is 18.9. The molecule has 2 amide bonds. The summed E-state index contributed by atoms with van der Waals surface area (Å²) in [5, 5.41) is 14.3. The van der Waals surface area contributed by atoms with Crippen molar-refractivity contribution in [2.75, 3.05) is 37.9 Å². The summed E-state index contributed by atoms with van der Waals surface area (Å²) in [5.41, 5.74) is 1.67. The number of anilines is 2. The van der Waals surface area contributed by atoms with Crippen molar-refractivity contribution in [1.29, 1.82) is 5.26 Å². The Kier molecular flexibility index (Phi) is 6.71. The number of amides is 2. The van der Waals surface area contributed by atoms with E-state index in [1.807, 2.05) is 6.07 Å². The molecule has 0 fully saturated rings. The Balaban J connectivity index is 1.80. The number of benzene rings is 2. The highest BCUT2D eigenvalue weighted by molar-refractivity contribution is 5.94. The van der Waals surface area contributed by atoms with E-state index in [2.05, 4.69) is 10.6 Å². The van der Waals surface area contributed by atoms with Gasteiger partial charge < -0.3 is 15.4 Å². The fraction of sp³-hybridized carbons (Fsp3) is 0.211. The highest BCUT2D eigenvalue weighted by Crippen LogP contribution is 2.15. The van der Waals surface area contributed by atoms with Crippen molar-refractivity contribution in [3.8, 4) is 11.8 Å². The molecule has 0 bridgehead atoms. The summed E-state index contributed by atoms with van der Waals surface area (Å²) in [4.78, 5) is 25.7. The summed E-state index contributed by atoms with van der Waals surface area (Å²) in [6.45, 7) is 0.116. The van der Waals surface area contributed by atoms with E-state index in [-0.39, 0.29) is 24.9 Å². The highest BCUT2D eigenvalue weighted by Gasteiger charge is 2.11. The van der Waals surface area contributed by atoms with E-state index in [1.165, 1.54) is 0 Å². The molecule has 0 saturated carbocycles. The van der Waals surface area contributed by atoms with Gasteiger partial charge in [0, 0.05) is 11.4 Å². The first-order chi connectivity index (χ1) is 12.5.